The SMILES string of the molecule is C[C@@H](CO)SCc1nccn1Cc1ccccc1. The van der Waals surface area contributed by atoms with Crippen molar-refractivity contribution in [2.45, 2.75) is 24.5 Å². The first-order valence-electron chi connectivity index (χ1n) is 6.06. The van der Waals surface area contributed by atoms with Crippen molar-refractivity contribution in [1.29, 1.82) is 0 Å². The Morgan fingerprint density at radius 2 is 2.11 bits per heavy atom. The van der Waals surface area contributed by atoms with Crippen LogP contribution in [0.25, 0.3) is 0 Å². The first-order chi connectivity index (χ1) is 8.79. The van der Waals surface area contributed by atoms with E-state index in [0.717, 1.165) is 18.1 Å². The number of aliphatic hydroxyl groups is 1. The topological polar surface area (TPSA) is 38.1 Å². The molecule has 0 saturated carbocycles. The van der Waals surface area contributed by atoms with Crippen molar-refractivity contribution in [3.63, 3.8) is 0 Å². The second-order valence-corrected chi connectivity index (χ2v) is 5.69. The molecule has 0 spiro atoms. The summed E-state index contributed by atoms with van der Waals surface area (Å²) in [6.07, 6.45) is 3.84. The predicted octanol–water partition coefficient (Wildman–Crippen LogP) is 2.55. The van der Waals surface area contributed by atoms with Gasteiger partial charge in [-0.2, -0.15) is 0 Å². The standard InChI is InChI=1S/C14H18N2OS/c1-12(10-17)18-11-14-15-7-8-16(14)9-13-5-3-2-4-6-13/h2-8,12,17H,9-11H2,1H3/t12-/m0/s1. The molecule has 0 unspecified atom stereocenters. The van der Waals surface area contributed by atoms with E-state index in [4.69, 9.17) is 5.11 Å². The minimum absolute atomic E-state index is 0.212. The molecule has 2 rings (SSSR count). The van der Waals surface area contributed by atoms with E-state index in [2.05, 4.69) is 33.8 Å². The Hall–Kier alpha value is -1.26. The maximum atomic E-state index is 9.02. The summed E-state index contributed by atoms with van der Waals surface area (Å²) < 4.78 is 2.16. The van der Waals surface area contributed by atoms with Gasteiger partial charge in [0, 0.05) is 24.2 Å². The normalized spacial score (nSPS) is 12.6. The van der Waals surface area contributed by atoms with Crippen LogP contribution in [0.15, 0.2) is 42.7 Å². The number of imidazole rings is 1. The van der Waals surface area contributed by atoms with Crippen LogP contribution in [0, 0.1) is 0 Å². The highest BCUT2D eigenvalue weighted by molar-refractivity contribution is 7.99. The third-order valence-corrected chi connectivity index (χ3v) is 3.89. The lowest BCUT2D eigenvalue weighted by Crippen LogP contribution is -2.07. The average Bonchev–Trinajstić information content (AvgIpc) is 2.84. The molecule has 0 aliphatic heterocycles. The van der Waals surface area contributed by atoms with Crippen LogP contribution < -0.4 is 0 Å². The van der Waals surface area contributed by atoms with Gasteiger partial charge in [-0.05, 0) is 5.56 Å². The zero-order valence-electron chi connectivity index (χ0n) is 10.5. The average molecular weight is 262 g/mol. The van der Waals surface area contributed by atoms with Gasteiger partial charge in [0.15, 0.2) is 0 Å². The Balaban J connectivity index is 1.99. The predicted molar refractivity (Wildman–Crippen MR) is 75.6 cm³/mol. The zero-order chi connectivity index (χ0) is 12.8. The maximum absolute atomic E-state index is 9.02. The van der Waals surface area contributed by atoms with Gasteiger partial charge in [0.1, 0.15) is 5.82 Å². The number of hydrogen-bond acceptors (Lipinski definition) is 3. The third-order valence-electron chi connectivity index (χ3n) is 2.75. The van der Waals surface area contributed by atoms with Crippen LogP contribution in [0.3, 0.4) is 0 Å². The first kappa shape index (κ1) is 13.2. The summed E-state index contributed by atoms with van der Waals surface area (Å²) in [7, 11) is 0. The van der Waals surface area contributed by atoms with E-state index in [1.54, 1.807) is 11.8 Å². The summed E-state index contributed by atoms with van der Waals surface area (Å²) in [6.45, 7) is 3.09. The lowest BCUT2D eigenvalue weighted by Gasteiger charge is -2.10. The zero-order valence-corrected chi connectivity index (χ0v) is 11.3. The Morgan fingerprint density at radius 3 is 2.83 bits per heavy atom. The van der Waals surface area contributed by atoms with Crippen LogP contribution >= 0.6 is 11.8 Å². The van der Waals surface area contributed by atoms with Crippen molar-refractivity contribution in [1.82, 2.24) is 9.55 Å². The molecule has 0 saturated heterocycles. The molecular weight excluding hydrogens is 244 g/mol. The van der Waals surface area contributed by atoms with Gasteiger partial charge in [-0.3, -0.25) is 0 Å². The fourth-order valence-corrected chi connectivity index (χ4v) is 2.45. The van der Waals surface area contributed by atoms with Gasteiger partial charge in [0.2, 0.25) is 0 Å². The third kappa shape index (κ3) is 3.62. The van der Waals surface area contributed by atoms with E-state index in [1.165, 1.54) is 5.56 Å². The number of rotatable bonds is 6. The molecule has 3 nitrogen and oxygen atoms in total. The second kappa shape index (κ2) is 6.61. The fourth-order valence-electron chi connectivity index (χ4n) is 1.67. The maximum Gasteiger partial charge on any atom is 0.118 e. The summed E-state index contributed by atoms with van der Waals surface area (Å²) in [5.41, 5.74) is 1.27. The minimum atomic E-state index is 0.212. The molecule has 0 aliphatic rings. The number of aliphatic hydroxyl groups excluding tert-OH is 1. The molecule has 1 atom stereocenters. The highest BCUT2D eigenvalue weighted by atomic mass is 32.2. The van der Waals surface area contributed by atoms with E-state index < -0.39 is 0 Å². The lowest BCUT2D eigenvalue weighted by molar-refractivity contribution is 0.300. The van der Waals surface area contributed by atoms with Gasteiger partial charge >= 0.3 is 0 Å². The molecule has 2 aromatic rings. The Bertz CT molecular complexity index is 470. The smallest absolute Gasteiger partial charge is 0.118 e. The molecule has 0 amide bonds. The molecule has 4 heteroatoms. The molecule has 1 aromatic heterocycles. The molecule has 1 aromatic carbocycles. The Kier molecular flexibility index (Phi) is 4.84. The van der Waals surface area contributed by atoms with Crippen molar-refractivity contribution in [3.05, 3.63) is 54.1 Å². The summed E-state index contributed by atoms with van der Waals surface area (Å²) in [5.74, 6) is 1.89. The number of benzene rings is 1. The van der Waals surface area contributed by atoms with Crippen molar-refractivity contribution >= 4 is 11.8 Å². The van der Waals surface area contributed by atoms with Crippen molar-refractivity contribution < 1.29 is 5.11 Å². The van der Waals surface area contributed by atoms with Crippen molar-refractivity contribution in [3.8, 4) is 0 Å². The van der Waals surface area contributed by atoms with E-state index in [-0.39, 0.29) is 11.9 Å². The van der Waals surface area contributed by atoms with Crippen LogP contribution in [-0.4, -0.2) is 26.5 Å². The molecule has 0 bridgehead atoms. The molecule has 0 aliphatic carbocycles. The summed E-state index contributed by atoms with van der Waals surface area (Å²) in [6, 6.07) is 10.4. The van der Waals surface area contributed by atoms with Crippen LogP contribution in [0.5, 0.6) is 0 Å². The molecule has 1 heterocycles. The van der Waals surface area contributed by atoms with Gasteiger partial charge in [0.25, 0.3) is 0 Å². The van der Waals surface area contributed by atoms with Gasteiger partial charge in [-0.25, -0.2) is 4.98 Å². The number of hydrogen-bond donors (Lipinski definition) is 1. The van der Waals surface area contributed by atoms with Crippen LogP contribution in [0.1, 0.15) is 18.3 Å². The quantitative estimate of drug-likeness (QED) is 0.869. The Labute approximate surface area is 112 Å². The van der Waals surface area contributed by atoms with Gasteiger partial charge in [-0.15, -0.1) is 11.8 Å². The minimum Gasteiger partial charge on any atom is -0.395 e. The van der Waals surface area contributed by atoms with Crippen molar-refractivity contribution in [2.75, 3.05) is 6.61 Å². The molecule has 0 radical (unpaired) electrons. The van der Waals surface area contributed by atoms with Crippen LogP contribution in [0.2, 0.25) is 0 Å². The fraction of sp³-hybridized carbons (Fsp3) is 0.357. The van der Waals surface area contributed by atoms with Gasteiger partial charge < -0.3 is 9.67 Å². The number of aromatic nitrogens is 2. The highest BCUT2D eigenvalue weighted by Crippen LogP contribution is 2.17. The van der Waals surface area contributed by atoms with Crippen LogP contribution in [0.4, 0.5) is 0 Å². The molecule has 0 fully saturated rings. The summed E-state index contributed by atoms with van der Waals surface area (Å²) >= 11 is 1.73. The Morgan fingerprint density at radius 1 is 1.33 bits per heavy atom. The van der Waals surface area contributed by atoms with Gasteiger partial charge in [0.05, 0.1) is 12.4 Å². The summed E-state index contributed by atoms with van der Waals surface area (Å²) in [5, 5.41) is 9.28. The lowest BCUT2D eigenvalue weighted by atomic mass is 10.2. The summed E-state index contributed by atoms with van der Waals surface area (Å²) in [4.78, 5) is 4.38. The molecule has 1 N–H and O–H groups in total. The van der Waals surface area contributed by atoms with E-state index in [0.29, 0.717) is 0 Å². The molecular formula is C14H18N2OS. The van der Waals surface area contributed by atoms with Gasteiger partial charge in [-0.1, -0.05) is 37.3 Å². The monoisotopic (exact) mass is 262 g/mol. The highest BCUT2D eigenvalue weighted by Gasteiger charge is 2.06. The number of thioether (sulfide) groups is 1. The molecule has 18 heavy (non-hydrogen) atoms. The van der Waals surface area contributed by atoms with Crippen LogP contribution in [-0.2, 0) is 12.3 Å². The second-order valence-electron chi connectivity index (χ2n) is 4.26. The van der Waals surface area contributed by atoms with Crippen molar-refractivity contribution in [2.24, 2.45) is 0 Å². The first-order valence-corrected chi connectivity index (χ1v) is 7.11. The van der Waals surface area contributed by atoms with E-state index in [1.807, 2.05) is 25.4 Å². The molecule has 96 valence electrons. The van der Waals surface area contributed by atoms with E-state index in [9.17, 15) is 0 Å². The van der Waals surface area contributed by atoms with E-state index >= 15 is 0 Å². The largest absolute Gasteiger partial charge is 0.395 e. The number of nitrogens with zero attached hydrogens (tertiary/aromatic N) is 2.